The second-order valence-electron chi connectivity index (χ2n) is 4.69. The van der Waals surface area contributed by atoms with Gasteiger partial charge in [-0.05, 0) is 19.9 Å². The van der Waals surface area contributed by atoms with E-state index in [9.17, 15) is 14.5 Å². The fourth-order valence-electron chi connectivity index (χ4n) is 1.76. The van der Waals surface area contributed by atoms with Crippen molar-refractivity contribution in [3.8, 4) is 0 Å². The number of hydrogen-bond acceptors (Lipinski definition) is 4. The average Bonchev–Trinajstić information content (AvgIpc) is 2.85. The van der Waals surface area contributed by atoms with Crippen LogP contribution < -0.4 is 5.32 Å². The summed E-state index contributed by atoms with van der Waals surface area (Å²) in [6, 6.07) is 3.58. The van der Waals surface area contributed by atoms with Gasteiger partial charge in [0.05, 0.1) is 11.1 Å². The maximum atomic E-state index is 13.2. The van der Waals surface area contributed by atoms with Gasteiger partial charge >= 0.3 is 0 Å². The fraction of sp³-hybridized carbons (Fsp3) is 0.308. The summed E-state index contributed by atoms with van der Waals surface area (Å²) in [5.41, 5.74) is 0.882. The molecule has 7 heteroatoms. The third-order valence-electron chi connectivity index (χ3n) is 2.82. The molecule has 0 fully saturated rings. The zero-order chi connectivity index (χ0) is 14.7. The number of nitrogens with zero attached hydrogens (tertiary/aromatic N) is 3. The molecule has 0 unspecified atom stereocenters. The van der Waals surface area contributed by atoms with Gasteiger partial charge in [0.2, 0.25) is 0 Å². The van der Waals surface area contributed by atoms with Crippen molar-refractivity contribution in [2.75, 3.05) is 5.32 Å². The summed E-state index contributed by atoms with van der Waals surface area (Å²) in [6.07, 6.45) is 3.53. The maximum Gasteiger partial charge on any atom is 0.292 e. The first-order valence-electron chi connectivity index (χ1n) is 6.18. The van der Waals surface area contributed by atoms with Gasteiger partial charge in [0, 0.05) is 36.5 Å². The quantitative estimate of drug-likeness (QED) is 0.673. The molecule has 0 saturated heterocycles. The topological polar surface area (TPSA) is 73.0 Å². The summed E-state index contributed by atoms with van der Waals surface area (Å²) in [4.78, 5) is 10.3. The van der Waals surface area contributed by atoms with Crippen molar-refractivity contribution >= 4 is 11.4 Å². The lowest BCUT2D eigenvalue weighted by Crippen LogP contribution is -2.03. The van der Waals surface area contributed by atoms with Crippen molar-refractivity contribution in [1.82, 2.24) is 9.78 Å². The Balaban J connectivity index is 2.13. The van der Waals surface area contributed by atoms with Gasteiger partial charge in [-0.2, -0.15) is 5.10 Å². The van der Waals surface area contributed by atoms with E-state index in [2.05, 4.69) is 10.4 Å². The molecule has 1 aromatic heterocycles. The highest BCUT2D eigenvalue weighted by Crippen LogP contribution is 2.25. The standard InChI is InChI=1S/C13H15FN4O2/c1-9(2)17-8-10(7-16-17)6-15-12-5-11(14)3-4-13(12)18(19)20/h3-5,7-9,15H,6H2,1-2H3. The molecule has 0 aliphatic carbocycles. The largest absolute Gasteiger partial charge is 0.375 e. The number of rotatable bonds is 5. The van der Waals surface area contributed by atoms with Crippen LogP contribution in [0, 0.1) is 15.9 Å². The van der Waals surface area contributed by atoms with Crippen molar-refractivity contribution in [3.05, 3.63) is 52.1 Å². The van der Waals surface area contributed by atoms with E-state index in [0.29, 0.717) is 6.54 Å². The van der Waals surface area contributed by atoms with Crippen LogP contribution in [0.5, 0.6) is 0 Å². The van der Waals surface area contributed by atoms with E-state index >= 15 is 0 Å². The molecule has 0 amide bonds. The highest BCUT2D eigenvalue weighted by molar-refractivity contribution is 5.61. The van der Waals surface area contributed by atoms with Gasteiger partial charge in [-0.1, -0.05) is 0 Å². The van der Waals surface area contributed by atoms with Gasteiger partial charge in [0.25, 0.3) is 5.69 Å². The Kier molecular flexibility index (Phi) is 3.97. The van der Waals surface area contributed by atoms with Gasteiger partial charge < -0.3 is 5.32 Å². The highest BCUT2D eigenvalue weighted by Gasteiger charge is 2.14. The van der Waals surface area contributed by atoms with Gasteiger partial charge in [-0.25, -0.2) is 4.39 Å². The number of aromatic nitrogens is 2. The molecule has 0 aliphatic heterocycles. The molecule has 6 nitrogen and oxygen atoms in total. The fourth-order valence-corrected chi connectivity index (χ4v) is 1.76. The van der Waals surface area contributed by atoms with E-state index in [0.717, 1.165) is 23.8 Å². The molecule has 0 saturated carbocycles. The van der Waals surface area contributed by atoms with Crippen molar-refractivity contribution in [1.29, 1.82) is 0 Å². The minimum atomic E-state index is -0.542. The summed E-state index contributed by atoms with van der Waals surface area (Å²) in [5.74, 6) is -0.518. The van der Waals surface area contributed by atoms with Gasteiger partial charge in [0.1, 0.15) is 11.5 Å². The number of nitrogens with one attached hydrogen (secondary N) is 1. The maximum absolute atomic E-state index is 13.2. The number of hydrogen-bond donors (Lipinski definition) is 1. The lowest BCUT2D eigenvalue weighted by Gasteiger charge is -2.06. The third-order valence-corrected chi connectivity index (χ3v) is 2.82. The molecule has 2 rings (SSSR count). The summed E-state index contributed by atoms with van der Waals surface area (Å²) in [6.45, 7) is 4.35. The van der Waals surface area contributed by atoms with E-state index < -0.39 is 10.7 Å². The van der Waals surface area contributed by atoms with E-state index in [1.165, 1.54) is 0 Å². The van der Waals surface area contributed by atoms with Crippen LogP contribution in [-0.2, 0) is 6.54 Å². The Morgan fingerprint density at radius 3 is 2.85 bits per heavy atom. The predicted octanol–water partition coefficient (Wildman–Crippen LogP) is 3.12. The Hall–Kier alpha value is -2.44. The molecule has 2 aromatic rings. The molecule has 0 spiro atoms. The van der Waals surface area contributed by atoms with Gasteiger partial charge in [-0.3, -0.25) is 14.8 Å². The Morgan fingerprint density at radius 2 is 2.25 bits per heavy atom. The van der Waals surface area contributed by atoms with Gasteiger partial charge in [-0.15, -0.1) is 0 Å². The second-order valence-corrected chi connectivity index (χ2v) is 4.69. The zero-order valence-corrected chi connectivity index (χ0v) is 11.2. The molecule has 0 radical (unpaired) electrons. The van der Waals surface area contributed by atoms with Crippen LogP contribution in [0.1, 0.15) is 25.5 Å². The molecule has 20 heavy (non-hydrogen) atoms. The minimum absolute atomic E-state index is 0.150. The third kappa shape index (κ3) is 3.11. The first-order chi connectivity index (χ1) is 9.47. The van der Waals surface area contributed by atoms with Crippen LogP contribution in [0.25, 0.3) is 0 Å². The second kappa shape index (κ2) is 5.68. The smallest absolute Gasteiger partial charge is 0.292 e. The number of nitro groups is 1. The number of benzene rings is 1. The first-order valence-corrected chi connectivity index (χ1v) is 6.18. The predicted molar refractivity (Wildman–Crippen MR) is 73.0 cm³/mol. The summed E-state index contributed by atoms with van der Waals surface area (Å²) >= 11 is 0. The lowest BCUT2D eigenvalue weighted by atomic mass is 10.2. The summed E-state index contributed by atoms with van der Waals surface area (Å²) in [5, 5.41) is 17.9. The van der Waals surface area contributed by atoms with Crippen molar-refractivity contribution in [2.45, 2.75) is 26.4 Å². The van der Waals surface area contributed by atoms with E-state index in [1.54, 1.807) is 10.9 Å². The molecule has 0 aliphatic rings. The molecule has 1 aromatic carbocycles. The SMILES string of the molecule is CC(C)n1cc(CNc2cc(F)ccc2[N+](=O)[O-])cn1. The molecule has 1 heterocycles. The molecule has 106 valence electrons. The minimum Gasteiger partial charge on any atom is -0.375 e. The van der Waals surface area contributed by atoms with Crippen LogP contribution in [0.2, 0.25) is 0 Å². The van der Waals surface area contributed by atoms with Gasteiger partial charge in [0.15, 0.2) is 0 Å². The Morgan fingerprint density at radius 1 is 1.50 bits per heavy atom. The molecule has 0 atom stereocenters. The Labute approximate surface area is 115 Å². The monoisotopic (exact) mass is 278 g/mol. The van der Waals surface area contributed by atoms with E-state index in [-0.39, 0.29) is 17.4 Å². The summed E-state index contributed by atoms with van der Waals surface area (Å²) in [7, 11) is 0. The van der Waals surface area contributed by atoms with E-state index in [4.69, 9.17) is 0 Å². The van der Waals surface area contributed by atoms with Crippen molar-refractivity contribution in [3.63, 3.8) is 0 Å². The van der Waals surface area contributed by atoms with Crippen molar-refractivity contribution < 1.29 is 9.31 Å². The van der Waals surface area contributed by atoms with Crippen LogP contribution in [0.3, 0.4) is 0 Å². The number of halogens is 1. The molecule has 1 N–H and O–H groups in total. The Bertz CT molecular complexity index is 625. The van der Waals surface area contributed by atoms with Crippen LogP contribution in [-0.4, -0.2) is 14.7 Å². The normalized spacial score (nSPS) is 10.8. The average molecular weight is 278 g/mol. The first kappa shape index (κ1) is 14.0. The zero-order valence-electron chi connectivity index (χ0n) is 11.2. The molecular formula is C13H15FN4O2. The number of nitro benzene ring substituents is 1. The highest BCUT2D eigenvalue weighted by atomic mass is 19.1. The summed E-state index contributed by atoms with van der Waals surface area (Å²) < 4.78 is 15.0. The number of anilines is 1. The van der Waals surface area contributed by atoms with Crippen molar-refractivity contribution in [2.24, 2.45) is 0 Å². The van der Waals surface area contributed by atoms with E-state index in [1.807, 2.05) is 20.0 Å². The molecule has 0 bridgehead atoms. The van der Waals surface area contributed by atoms with Crippen LogP contribution >= 0.6 is 0 Å². The lowest BCUT2D eigenvalue weighted by molar-refractivity contribution is -0.384. The van der Waals surface area contributed by atoms with Crippen LogP contribution in [0.15, 0.2) is 30.6 Å². The molecular weight excluding hydrogens is 263 g/mol. The van der Waals surface area contributed by atoms with Crippen LogP contribution in [0.4, 0.5) is 15.8 Å².